The molecule has 0 saturated heterocycles. The fraction of sp³-hybridized carbons (Fsp3) is 0.0667. The molecule has 0 spiro atoms. The van der Waals surface area contributed by atoms with Crippen molar-refractivity contribution in [3.8, 4) is 16.8 Å². The summed E-state index contributed by atoms with van der Waals surface area (Å²) < 4.78 is 18.4. The molecule has 0 aliphatic heterocycles. The zero-order valence-electron chi connectivity index (χ0n) is 12.0. The van der Waals surface area contributed by atoms with E-state index in [1.165, 1.54) is 28.6 Å². The van der Waals surface area contributed by atoms with Gasteiger partial charge in [0.15, 0.2) is 6.19 Å². The molecule has 0 atom stereocenters. The number of nitrogens with zero attached hydrogens (tertiary/aromatic N) is 4. The summed E-state index contributed by atoms with van der Waals surface area (Å²) in [5.74, 6) is -0.947. The van der Waals surface area contributed by atoms with Gasteiger partial charge >= 0.3 is 5.69 Å². The molecule has 0 aliphatic carbocycles. The number of furan rings is 1. The van der Waals surface area contributed by atoms with E-state index in [2.05, 4.69) is 4.98 Å². The highest BCUT2D eigenvalue weighted by Gasteiger charge is 2.18. The van der Waals surface area contributed by atoms with Gasteiger partial charge in [-0.25, -0.2) is 4.98 Å². The zero-order valence-corrected chi connectivity index (χ0v) is 12.9. The van der Waals surface area contributed by atoms with E-state index in [-0.39, 0.29) is 12.2 Å². The Morgan fingerprint density at radius 2 is 2.29 bits per heavy atom. The molecule has 0 saturated carbocycles. The molecule has 2 aromatic heterocycles. The lowest BCUT2D eigenvalue weighted by Gasteiger charge is -2.14. The number of benzene rings is 1. The average molecular weight is 344 g/mol. The van der Waals surface area contributed by atoms with Crippen LogP contribution in [0, 0.1) is 27.4 Å². The van der Waals surface area contributed by atoms with Crippen molar-refractivity contribution in [2.45, 2.75) is 6.54 Å². The van der Waals surface area contributed by atoms with Crippen LogP contribution >= 0.6 is 11.3 Å². The molecular weight excluding hydrogens is 335 g/mol. The Balaban J connectivity index is 1.84. The van der Waals surface area contributed by atoms with Gasteiger partial charge in [-0.1, -0.05) is 0 Å². The molecule has 0 N–H and O–H groups in total. The number of halogens is 1. The van der Waals surface area contributed by atoms with Gasteiger partial charge in [-0.2, -0.15) is 9.65 Å². The van der Waals surface area contributed by atoms with Gasteiger partial charge in [0.2, 0.25) is 5.82 Å². The molecule has 0 unspecified atom stereocenters. The van der Waals surface area contributed by atoms with Crippen LogP contribution in [-0.2, 0) is 6.54 Å². The third kappa shape index (κ3) is 3.09. The average Bonchev–Trinajstić information content (AvgIpc) is 3.24. The highest BCUT2D eigenvalue weighted by atomic mass is 32.1. The number of nitro benzene ring substituents is 1. The molecule has 1 aromatic carbocycles. The summed E-state index contributed by atoms with van der Waals surface area (Å²) in [4.78, 5) is 15.6. The third-order valence-corrected chi connectivity index (χ3v) is 4.14. The number of nitro groups is 1. The molecule has 2 heterocycles. The van der Waals surface area contributed by atoms with Gasteiger partial charge in [0.05, 0.1) is 29.1 Å². The van der Waals surface area contributed by atoms with E-state index in [0.717, 1.165) is 22.7 Å². The fourth-order valence-corrected chi connectivity index (χ4v) is 2.85. The van der Waals surface area contributed by atoms with Crippen molar-refractivity contribution in [1.29, 1.82) is 5.26 Å². The van der Waals surface area contributed by atoms with Gasteiger partial charge in [0, 0.05) is 17.0 Å². The van der Waals surface area contributed by atoms with Crippen molar-refractivity contribution in [3.05, 3.63) is 63.8 Å². The van der Waals surface area contributed by atoms with E-state index in [4.69, 9.17) is 4.42 Å². The summed E-state index contributed by atoms with van der Waals surface area (Å²) in [5, 5.41) is 22.6. The molecule has 0 bridgehead atoms. The Morgan fingerprint density at radius 3 is 2.96 bits per heavy atom. The minimum absolute atomic E-state index is 0.119. The standard InChI is InChI=1S/C15H9FN4O3S/c16-13-2-1-12(5-14(13)20(21)22)19(9-17)6-11-8-24-15(18-11)10-3-4-23-7-10/h1-5,7-8H,6H2. The monoisotopic (exact) mass is 344 g/mol. The highest BCUT2D eigenvalue weighted by Crippen LogP contribution is 2.27. The first-order chi connectivity index (χ1) is 11.6. The summed E-state index contributed by atoms with van der Waals surface area (Å²) in [5.41, 5.74) is 0.991. The van der Waals surface area contributed by atoms with Crippen molar-refractivity contribution in [2.75, 3.05) is 4.90 Å². The van der Waals surface area contributed by atoms with Crippen molar-refractivity contribution in [2.24, 2.45) is 0 Å². The van der Waals surface area contributed by atoms with Crippen molar-refractivity contribution in [1.82, 2.24) is 4.98 Å². The molecule has 24 heavy (non-hydrogen) atoms. The topological polar surface area (TPSA) is 96.2 Å². The van der Waals surface area contributed by atoms with Crippen LogP contribution in [0.4, 0.5) is 15.8 Å². The highest BCUT2D eigenvalue weighted by molar-refractivity contribution is 7.13. The molecule has 0 fully saturated rings. The zero-order chi connectivity index (χ0) is 17.1. The quantitative estimate of drug-likeness (QED) is 0.301. The second-order valence-corrected chi connectivity index (χ2v) is 5.59. The van der Waals surface area contributed by atoms with E-state index in [9.17, 15) is 19.8 Å². The largest absolute Gasteiger partial charge is 0.472 e. The number of rotatable bonds is 5. The Hall–Kier alpha value is -3.25. The summed E-state index contributed by atoms with van der Waals surface area (Å²) in [6, 6.07) is 5.08. The summed E-state index contributed by atoms with van der Waals surface area (Å²) in [6.45, 7) is 0.119. The first kappa shape index (κ1) is 15.6. The minimum Gasteiger partial charge on any atom is -0.472 e. The van der Waals surface area contributed by atoms with Gasteiger partial charge in [-0.05, 0) is 18.2 Å². The second-order valence-electron chi connectivity index (χ2n) is 4.73. The summed E-state index contributed by atoms with van der Waals surface area (Å²) in [6.07, 6.45) is 5.03. The number of nitriles is 1. The fourth-order valence-electron chi connectivity index (χ4n) is 2.05. The molecule has 9 heteroatoms. The molecule has 3 rings (SSSR count). The van der Waals surface area contributed by atoms with Crippen molar-refractivity contribution in [3.63, 3.8) is 0 Å². The molecule has 0 amide bonds. The van der Waals surface area contributed by atoms with Gasteiger partial charge in [0.25, 0.3) is 0 Å². The lowest BCUT2D eigenvalue weighted by atomic mass is 10.2. The predicted molar refractivity (Wildman–Crippen MR) is 84.7 cm³/mol. The summed E-state index contributed by atoms with van der Waals surface area (Å²) in [7, 11) is 0. The first-order valence-corrected chi connectivity index (χ1v) is 7.54. The SMILES string of the molecule is N#CN(Cc1csc(-c2ccoc2)n1)c1ccc(F)c([N+](=O)[O-])c1. The smallest absolute Gasteiger partial charge is 0.306 e. The van der Waals surface area contributed by atoms with Crippen LogP contribution in [0.15, 0.2) is 46.6 Å². The number of anilines is 1. The van der Waals surface area contributed by atoms with Crippen LogP contribution in [0.3, 0.4) is 0 Å². The number of hydrogen-bond acceptors (Lipinski definition) is 7. The van der Waals surface area contributed by atoms with E-state index >= 15 is 0 Å². The molecular formula is C15H9FN4O3S. The maximum Gasteiger partial charge on any atom is 0.306 e. The van der Waals surface area contributed by atoms with E-state index in [1.54, 1.807) is 17.7 Å². The number of thiazole rings is 1. The van der Waals surface area contributed by atoms with E-state index in [1.807, 2.05) is 6.19 Å². The van der Waals surface area contributed by atoms with Crippen LogP contribution in [0.1, 0.15) is 5.69 Å². The van der Waals surface area contributed by atoms with Crippen LogP contribution in [0.5, 0.6) is 0 Å². The molecule has 120 valence electrons. The Bertz CT molecular complexity index is 917. The van der Waals surface area contributed by atoms with Gasteiger partial charge < -0.3 is 4.42 Å². The first-order valence-electron chi connectivity index (χ1n) is 6.66. The Morgan fingerprint density at radius 1 is 1.46 bits per heavy atom. The maximum atomic E-state index is 13.4. The molecule has 0 radical (unpaired) electrons. The third-order valence-electron chi connectivity index (χ3n) is 3.20. The van der Waals surface area contributed by atoms with Crippen LogP contribution < -0.4 is 4.90 Å². The Kier molecular flexibility index (Phi) is 4.22. The van der Waals surface area contributed by atoms with Crippen LogP contribution in [0.25, 0.3) is 10.6 Å². The van der Waals surface area contributed by atoms with E-state index in [0.29, 0.717) is 5.69 Å². The lowest BCUT2D eigenvalue weighted by molar-refractivity contribution is -0.387. The van der Waals surface area contributed by atoms with E-state index < -0.39 is 16.4 Å². The lowest BCUT2D eigenvalue weighted by Crippen LogP contribution is -2.16. The maximum absolute atomic E-state index is 13.4. The molecule has 0 aliphatic rings. The minimum atomic E-state index is -0.947. The van der Waals surface area contributed by atoms with Gasteiger partial charge in [-0.3, -0.25) is 15.0 Å². The second kappa shape index (κ2) is 6.47. The number of hydrogen-bond donors (Lipinski definition) is 0. The van der Waals surface area contributed by atoms with Gasteiger partial charge in [-0.15, -0.1) is 11.3 Å². The number of aromatic nitrogens is 1. The normalized spacial score (nSPS) is 10.3. The summed E-state index contributed by atoms with van der Waals surface area (Å²) >= 11 is 1.39. The Labute approximate surface area is 139 Å². The van der Waals surface area contributed by atoms with Crippen molar-refractivity contribution >= 4 is 22.7 Å². The van der Waals surface area contributed by atoms with Crippen LogP contribution in [-0.4, -0.2) is 9.91 Å². The van der Waals surface area contributed by atoms with Crippen LogP contribution in [0.2, 0.25) is 0 Å². The predicted octanol–water partition coefficient (Wildman–Crippen LogP) is 3.94. The van der Waals surface area contributed by atoms with Gasteiger partial charge in [0.1, 0.15) is 11.3 Å². The van der Waals surface area contributed by atoms with Crippen molar-refractivity contribution < 1.29 is 13.7 Å². The molecule has 7 nitrogen and oxygen atoms in total. The molecule has 3 aromatic rings.